The van der Waals surface area contributed by atoms with Crippen molar-refractivity contribution >= 4 is 0 Å². The molecule has 0 spiro atoms. The quantitative estimate of drug-likeness (QED) is 0.545. The Hall–Kier alpha value is -0.870. The molecule has 72 valence electrons. The Kier molecular flexibility index (Phi) is 1.85. The molecule has 0 unspecified atom stereocenters. The summed E-state index contributed by atoms with van der Waals surface area (Å²) in [7, 11) is 0. The molecule has 0 amide bonds. The van der Waals surface area contributed by atoms with Crippen LogP contribution in [0.1, 0.15) is 38.5 Å². The van der Waals surface area contributed by atoms with E-state index in [9.17, 15) is 0 Å². The summed E-state index contributed by atoms with van der Waals surface area (Å²) in [5.74, 6) is 1.04. The lowest BCUT2D eigenvalue weighted by molar-refractivity contribution is 0.365. The fourth-order valence-corrected chi connectivity index (χ4v) is 3.46. The summed E-state index contributed by atoms with van der Waals surface area (Å²) in [5.41, 5.74) is 2.07. The number of fused-ring (bicyclic) bond motifs is 2. The molecular weight excluding hydrogens is 168 g/mol. The normalized spacial score (nSPS) is 39.4. The van der Waals surface area contributed by atoms with Crippen LogP contribution in [0, 0.1) is 17.4 Å². The molecule has 2 saturated carbocycles. The van der Waals surface area contributed by atoms with Gasteiger partial charge in [0.15, 0.2) is 5.57 Å². The van der Waals surface area contributed by atoms with Gasteiger partial charge in [-0.2, -0.15) is 0 Å². The highest BCUT2D eigenvalue weighted by Gasteiger charge is 2.50. The molecule has 0 saturated heterocycles. The van der Waals surface area contributed by atoms with Crippen molar-refractivity contribution in [2.75, 3.05) is 0 Å². The number of allylic oxidation sites excluding steroid dienone is 6. The second-order valence-corrected chi connectivity index (χ2v) is 5.01. The average molecular weight is 185 g/mol. The maximum Gasteiger partial charge on any atom is 0.173 e. The van der Waals surface area contributed by atoms with Gasteiger partial charge in [-0.25, -0.2) is 0 Å². The Morgan fingerprint density at radius 1 is 1.21 bits per heavy atom. The molecule has 0 nitrogen and oxygen atoms in total. The Bertz CT molecular complexity index is 309. The van der Waals surface area contributed by atoms with Crippen molar-refractivity contribution in [1.82, 2.24) is 0 Å². The number of hydrogen-bond acceptors (Lipinski definition) is 0. The molecule has 0 heteroatoms. The molecule has 0 radical (unpaired) electrons. The van der Waals surface area contributed by atoms with Crippen LogP contribution in [0.15, 0.2) is 29.9 Å². The maximum absolute atomic E-state index is 3.58. The van der Waals surface area contributed by atoms with Gasteiger partial charge in [-0.15, -0.1) is 0 Å². The van der Waals surface area contributed by atoms with E-state index in [1.54, 1.807) is 0 Å². The molecule has 3 aliphatic carbocycles. The maximum atomic E-state index is 3.58. The van der Waals surface area contributed by atoms with E-state index < -0.39 is 0 Å². The van der Waals surface area contributed by atoms with Gasteiger partial charge in [0.25, 0.3) is 0 Å². The summed E-state index contributed by atoms with van der Waals surface area (Å²) < 4.78 is 0. The van der Waals surface area contributed by atoms with E-state index in [1.807, 2.05) is 0 Å². The predicted molar refractivity (Wildman–Crippen MR) is 58.7 cm³/mol. The van der Waals surface area contributed by atoms with Gasteiger partial charge in [-0.3, -0.25) is 0 Å². The van der Waals surface area contributed by atoms with E-state index >= 15 is 0 Å². The van der Waals surface area contributed by atoms with Gasteiger partial charge in [0, 0.05) is 11.5 Å². The first kappa shape index (κ1) is 8.44. The van der Waals surface area contributed by atoms with Crippen molar-refractivity contribution in [2.45, 2.75) is 38.5 Å². The molecule has 0 N–H and O–H groups in total. The number of hydrogen-bond donors (Lipinski definition) is 0. The van der Waals surface area contributed by atoms with Crippen molar-refractivity contribution in [3.8, 4) is 0 Å². The van der Waals surface area contributed by atoms with Crippen molar-refractivity contribution in [3.05, 3.63) is 36.0 Å². The minimum absolute atomic E-state index is 0.549. The highest BCUT2D eigenvalue weighted by molar-refractivity contribution is 5.32. The largest absolute Gasteiger partial charge is 0.173 e. The van der Waals surface area contributed by atoms with Crippen LogP contribution in [-0.2, 0) is 0 Å². The summed E-state index contributed by atoms with van der Waals surface area (Å²) in [6.45, 7) is 0. The zero-order valence-electron chi connectivity index (χ0n) is 8.63. The van der Waals surface area contributed by atoms with Gasteiger partial charge in [0.05, 0.1) is 12.2 Å². The number of rotatable bonds is 1. The van der Waals surface area contributed by atoms with Crippen LogP contribution >= 0.6 is 0 Å². The molecule has 14 heavy (non-hydrogen) atoms. The minimum atomic E-state index is 0.549. The summed E-state index contributed by atoms with van der Waals surface area (Å²) >= 11 is 0. The predicted octanol–water partition coefficient (Wildman–Crippen LogP) is 3.81. The van der Waals surface area contributed by atoms with E-state index in [4.69, 9.17) is 0 Å². The Morgan fingerprint density at radius 3 is 2.79 bits per heavy atom. The fraction of sp³-hybridized carbons (Fsp3) is 0.571. The average Bonchev–Trinajstić information content (AvgIpc) is 2.70. The third-order valence-electron chi connectivity index (χ3n) is 4.23. The smallest absolute Gasteiger partial charge is 0.0506 e. The lowest BCUT2D eigenvalue weighted by atomic mass is 9.77. The van der Waals surface area contributed by atoms with Gasteiger partial charge in [-0.1, -0.05) is 6.08 Å². The minimum Gasteiger partial charge on any atom is -0.0506 e. The zero-order valence-corrected chi connectivity index (χ0v) is 8.63. The van der Waals surface area contributed by atoms with Crippen LogP contribution in [0.5, 0.6) is 0 Å². The van der Waals surface area contributed by atoms with E-state index in [-0.39, 0.29) is 0 Å². The van der Waals surface area contributed by atoms with Crippen molar-refractivity contribution in [3.63, 3.8) is 0 Å². The van der Waals surface area contributed by atoms with Gasteiger partial charge >= 0.3 is 0 Å². The molecule has 3 rings (SSSR count). The summed E-state index contributed by atoms with van der Waals surface area (Å²) in [4.78, 5) is 0. The van der Waals surface area contributed by atoms with Gasteiger partial charge < -0.3 is 0 Å². The first-order valence-corrected chi connectivity index (χ1v) is 5.84. The lowest BCUT2D eigenvalue weighted by Crippen LogP contribution is -2.16. The van der Waals surface area contributed by atoms with Crippen molar-refractivity contribution in [2.24, 2.45) is 11.3 Å². The van der Waals surface area contributed by atoms with Crippen LogP contribution in [-0.4, -0.2) is 0 Å². The molecule has 0 aromatic heterocycles. The van der Waals surface area contributed by atoms with E-state index in [2.05, 4.69) is 30.4 Å². The summed E-state index contributed by atoms with van der Waals surface area (Å²) in [6.07, 6.45) is 20.6. The zero-order chi connectivity index (χ0) is 9.43. The Morgan fingerprint density at radius 2 is 2.07 bits per heavy atom. The summed E-state index contributed by atoms with van der Waals surface area (Å²) in [5, 5.41) is 0. The van der Waals surface area contributed by atoms with Gasteiger partial charge in [-0.05, 0) is 44.1 Å². The first-order chi connectivity index (χ1) is 6.89. The van der Waals surface area contributed by atoms with E-state index in [1.165, 1.54) is 37.7 Å². The van der Waals surface area contributed by atoms with E-state index in [0.29, 0.717) is 5.41 Å². The Balaban J connectivity index is 1.91. The molecule has 3 aliphatic rings. The third kappa shape index (κ3) is 1.18. The third-order valence-corrected chi connectivity index (χ3v) is 4.23. The lowest BCUT2D eigenvalue weighted by Gasteiger charge is -2.21. The SMILES string of the molecule is [C+]1=C(C23CCC(CC2)C3)C=CC=CC1. The second kappa shape index (κ2) is 3.07. The highest BCUT2D eigenvalue weighted by Crippen LogP contribution is 2.58. The monoisotopic (exact) mass is 185 g/mol. The highest BCUT2D eigenvalue weighted by atomic mass is 14.5. The molecule has 0 aromatic rings. The van der Waals surface area contributed by atoms with Crippen LogP contribution in [0.4, 0.5) is 0 Å². The first-order valence-electron chi connectivity index (χ1n) is 5.84. The van der Waals surface area contributed by atoms with Gasteiger partial charge in [0.1, 0.15) is 6.42 Å². The van der Waals surface area contributed by atoms with Gasteiger partial charge in [0.2, 0.25) is 0 Å². The molecule has 2 bridgehead atoms. The topological polar surface area (TPSA) is 0 Å². The van der Waals surface area contributed by atoms with Crippen molar-refractivity contribution < 1.29 is 0 Å². The fourth-order valence-electron chi connectivity index (χ4n) is 3.46. The van der Waals surface area contributed by atoms with Crippen LogP contribution in [0.3, 0.4) is 0 Å². The summed E-state index contributed by atoms with van der Waals surface area (Å²) in [6, 6.07) is 0. The molecule has 0 aromatic carbocycles. The second-order valence-electron chi connectivity index (χ2n) is 5.01. The molecule has 2 fully saturated rings. The molecule has 0 aliphatic heterocycles. The Labute approximate surface area is 86.4 Å². The molecule has 0 heterocycles. The molecular formula is C14H17+. The van der Waals surface area contributed by atoms with E-state index in [0.717, 1.165) is 12.3 Å². The molecule has 0 atom stereocenters. The standard InChI is InChI=1S/C14H17/c1-2-4-6-13(5-3-1)14-9-7-12(11-14)8-10-14/h1-3,5,12H,4,7-11H2/q+1. The van der Waals surface area contributed by atoms with Crippen molar-refractivity contribution in [1.29, 1.82) is 0 Å². The van der Waals surface area contributed by atoms with Crippen LogP contribution in [0.2, 0.25) is 0 Å². The van der Waals surface area contributed by atoms with Crippen LogP contribution in [0.25, 0.3) is 0 Å². The van der Waals surface area contributed by atoms with Crippen LogP contribution < -0.4 is 0 Å².